The van der Waals surface area contributed by atoms with E-state index in [2.05, 4.69) is 22.3 Å². The van der Waals surface area contributed by atoms with Gasteiger partial charge in [-0.05, 0) is 19.4 Å². The number of amides is 1. The average molecular weight is 489 g/mol. The number of pyridine rings is 1. The molecule has 0 spiro atoms. The van der Waals surface area contributed by atoms with Gasteiger partial charge in [0.05, 0.1) is 11.3 Å². The molecule has 0 radical (unpaired) electrons. The lowest BCUT2D eigenvalue weighted by Gasteiger charge is -2.08. The molecule has 184 valence electrons. The molecule has 0 aliphatic rings. The minimum absolute atomic E-state index is 0.00995. The Bertz CT molecular complexity index is 887. The smallest absolute Gasteiger partial charge is 0.417 e. The minimum Gasteiger partial charge on any atom is -0.417 e. The number of hydrogen-bond donors (Lipinski definition) is 1. The highest BCUT2D eigenvalue weighted by atomic mass is 35.5. The Balaban J connectivity index is 1.73. The molecule has 10 heteroatoms. The molecule has 1 amide bonds. The van der Waals surface area contributed by atoms with Gasteiger partial charge in [0.2, 0.25) is 11.8 Å². The zero-order chi connectivity index (χ0) is 24.3. The standard InChI is InChI=1S/C23H32ClF3N4O2/c1-3-4-5-6-7-8-9-10-11-12-13-28-22(32)31-17(2)14-20(30-31)33-21-19(24)15-18(16-29-21)23(25,26)27/h14-16H,3-13H2,1-2H3,(H,28,32). The molecule has 2 aromatic rings. The molecule has 0 fully saturated rings. The number of unbranched alkanes of at least 4 members (excludes halogenated alkanes) is 9. The van der Waals surface area contributed by atoms with E-state index in [-0.39, 0.29) is 16.8 Å². The van der Waals surface area contributed by atoms with E-state index in [0.29, 0.717) is 18.4 Å². The summed E-state index contributed by atoms with van der Waals surface area (Å²) in [6.07, 6.45) is 8.19. The molecule has 0 saturated carbocycles. The molecule has 0 aliphatic heterocycles. The van der Waals surface area contributed by atoms with Crippen molar-refractivity contribution >= 4 is 17.6 Å². The first-order chi connectivity index (χ1) is 15.7. The van der Waals surface area contributed by atoms with E-state index < -0.39 is 17.8 Å². The van der Waals surface area contributed by atoms with Crippen LogP contribution in [-0.2, 0) is 6.18 Å². The first-order valence-electron chi connectivity index (χ1n) is 11.5. The molecular formula is C23H32ClF3N4O2. The molecule has 0 unspecified atom stereocenters. The Morgan fingerprint density at radius 3 is 2.24 bits per heavy atom. The predicted octanol–water partition coefficient (Wildman–Crippen LogP) is 7.53. The fraction of sp³-hybridized carbons (Fsp3) is 0.609. The number of aryl methyl sites for hydroxylation is 1. The van der Waals surface area contributed by atoms with E-state index >= 15 is 0 Å². The maximum atomic E-state index is 12.7. The van der Waals surface area contributed by atoms with Crippen LogP contribution in [-0.4, -0.2) is 27.3 Å². The summed E-state index contributed by atoms with van der Waals surface area (Å²) in [6.45, 7) is 4.43. The van der Waals surface area contributed by atoms with E-state index in [0.717, 1.165) is 30.0 Å². The summed E-state index contributed by atoms with van der Waals surface area (Å²) in [6, 6.07) is 1.81. The lowest BCUT2D eigenvalue weighted by molar-refractivity contribution is -0.137. The van der Waals surface area contributed by atoms with Crippen molar-refractivity contribution in [1.82, 2.24) is 20.1 Å². The number of ether oxygens (including phenoxy) is 1. The fourth-order valence-corrected chi connectivity index (χ4v) is 3.54. The van der Waals surface area contributed by atoms with Crippen LogP contribution in [0.15, 0.2) is 18.3 Å². The van der Waals surface area contributed by atoms with Crippen molar-refractivity contribution in [2.45, 2.75) is 84.2 Å². The van der Waals surface area contributed by atoms with Gasteiger partial charge < -0.3 is 10.1 Å². The quantitative estimate of drug-likeness (QED) is 0.296. The first-order valence-corrected chi connectivity index (χ1v) is 11.9. The minimum atomic E-state index is -4.56. The zero-order valence-corrected chi connectivity index (χ0v) is 19.9. The van der Waals surface area contributed by atoms with Gasteiger partial charge in [-0.15, -0.1) is 5.10 Å². The second-order valence-electron chi connectivity index (χ2n) is 8.06. The van der Waals surface area contributed by atoms with Crippen LogP contribution < -0.4 is 10.1 Å². The summed E-state index contributed by atoms with van der Waals surface area (Å²) in [4.78, 5) is 16.0. The summed E-state index contributed by atoms with van der Waals surface area (Å²) in [5.41, 5.74) is -0.471. The Hall–Kier alpha value is -2.29. The van der Waals surface area contributed by atoms with Gasteiger partial charge in [0.1, 0.15) is 5.02 Å². The van der Waals surface area contributed by atoms with Crippen molar-refractivity contribution in [1.29, 1.82) is 0 Å². The fourth-order valence-electron chi connectivity index (χ4n) is 3.34. The highest BCUT2D eigenvalue weighted by Gasteiger charge is 2.32. The van der Waals surface area contributed by atoms with Crippen LogP contribution in [0.2, 0.25) is 5.02 Å². The van der Waals surface area contributed by atoms with Crippen LogP contribution in [0, 0.1) is 6.92 Å². The summed E-state index contributed by atoms with van der Waals surface area (Å²) in [7, 11) is 0. The number of carbonyl (C=O) groups is 1. The summed E-state index contributed by atoms with van der Waals surface area (Å²) >= 11 is 5.85. The van der Waals surface area contributed by atoms with Gasteiger partial charge >= 0.3 is 12.2 Å². The molecule has 2 heterocycles. The van der Waals surface area contributed by atoms with Gasteiger partial charge in [0, 0.05) is 18.8 Å². The Labute approximate surface area is 197 Å². The third-order valence-corrected chi connectivity index (χ3v) is 5.47. The van der Waals surface area contributed by atoms with Gasteiger partial charge in [0.25, 0.3) is 0 Å². The van der Waals surface area contributed by atoms with E-state index in [1.54, 1.807) is 6.92 Å². The number of nitrogens with one attached hydrogen (secondary N) is 1. The molecule has 2 rings (SSSR count). The van der Waals surface area contributed by atoms with Gasteiger partial charge in [-0.3, -0.25) is 0 Å². The maximum Gasteiger partial charge on any atom is 0.417 e. The number of carbonyl (C=O) groups excluding carboxylic acids is 1. The number of halogens is 4. The van der Waals surface area contributed by atoms with Crippen molar-refractivity contribution in [2.24, 2.45) is 0 Å². The van der Waals surface area contributed by atoms with Crippen molar-refractivity contribution in [3.63, 3.8) is 0 Å². The molecule has 0 saturated heterocycles. The maximum absolute atomic E-state index is 12.7. The molecule has 0 atom stereocenters. The normalized spacial score (nSPS) is 11.6. The van der Waals surface area contributed by atoms with Crippen molar-refractivity contribution in [3.8, 4) is 11.8 Å². The van der Waals surface area contributed by atoms with Crippen LogP contribution in [0.25, 0.3) is 0 Å². The van der Waals surface area contributed by atoms with Crippen LogP contribution >= 0.6 is 11.6 Å². The second-order valence-corrected chi connectivity index (χ2v) is 8.47. The van der Waals surface area contributed by atoms with E-state index in [1.807, 2.05) is 0 Å². The molecule has 0 aliphatic carbocycles. The molecule has 6 nitrogen and oxygen atoms in total. The zero-order valence-electron chi connectivity index (χ0n) is 19.2. The van der Waals surface area contributed by atoms with Gasteiger partial charge in [-0.25, -0.2) is 9.78 Å². The van der Waals surface area contributed by atoms with Gasteiger partial charge in [-0.2, -0.15) is 17.9 Å². The van der Waals surface area contributed by atoms with Crippen LogP contribution in [0.1, 0.15) is 82.4 Å². The number of alkyl halides is 3. The van der Waals surface area contributed by atoms with Crippen molar-refractivity contribution < 1.29 is 22.7 Å². The average Bonchev–Trinajstić information content (AvgIpc) is 3.12. The molecule has 33 heavy (non-hydrogen) atoms. The van der Waals surface area contributed by atoms with E-state index in [1.165, 1.54) is 51.0 Å². The molecule has 2 aromatic heterocycles. The van der Waals surface area contributed by atoms with Gasteiger partial charge in [0.15, 0.2) is 0 Å². The Morgan fingerprint density at radius 1 is 1.06 bits per heavy atom. The summed E-state index contributed by atoms with van der Waals surface area (Å²) in [5, 5.41) is 6.56. The number of hydrogen-bond acceptors (Lipinski definition) is 4. The topological polar surface area (TPSA) is 69.0 Å². The van der Waals surface area contributed by atoms with Crippen molar-refractivity contribution in [3.05, 3.63) is 34.6 Å². The van der Waals surface area contributed by atoms with Crippen LogP contribution in [0.3, 0.4) is 0 Å². The Morgan fingerprint density at radius 2 is 1.67 bits per heavy atom. The third kappa shape index (κ3) is 9.23. The molecule has 1 N–H and O–H groups in total. The Kier molecular flexibility index (Phi) is 11.0. The van der Waals surface area contributed by atoms with Crippen LogP contribution in [0.5, 0.6) is 11.8 Å². The van der Waals surface area contributed by atoms with Crippen LogP contribution in [0.4, 0.5) is 18.0 Å². The lowest BCUT2D eigenvalue weighted by atomic mass is 10.1. The highest BCUT2D eigenvalue weighted by molar-refractivity contribution is 6.31. The number of nitrogens with zero attached hydrogens (tertiary/aromatic N) is 3. The SMILES string of the molecule is CCCCCCCCCCCCNC(=O)n1nc(Oc2ncc(C(F)(F)F)cc2Cl)cc1C. The monoisotopic (exact) mass is 488 g/mol. The number of rotatable bonds is 13. The lowest BCUT2D eigenvalue weighted by Crippen LogP contribution is -2.30. The largest absolute Gasteiger partial charge is 0.417 e. The molecular weight excluding hydrogens is 457 g/mol. The molecule has 0 bridgehead atoms. The third-order valence-electron chi connectivity index (χ3n) is 5.20. The second kappa shape index (κ2) is 13.4. The van der Waals surface area contributed by atoms with Crippen molar-refractivity contribution in [2.75, 3.05) is 6.54 Å². The molecule has 0 aromatic carbocycles. The van der Waals surface area contributed by atoms with Gasteiger partial charge in [-0.1, -0.05) is 76.3 Å². The van der Waals surface area contributed by atoms with E-state index in [9.17, 15) is 18.0 Å². The summed E-state index contributed by atoms with van der Waals surface area (Å²) in [5.74, 6) is -0.212. The summed E-state index contributed by atoms with van der Waals surface area (Å²) < 4.78 is 44.7. The highest BCUT2D eigenvalue weighted by Crippen LogP contribution is 2.34. The predicted molar refractivity (Wildman–Crippen MR) is 122 cm³/mol. The first kappa shape index (κ1) is 27.0. The number of aromatic nitrogens is 3. The van der Waals surface area contributed by atoms with E-state index in [4.69, 9.17) is 16.3 Å².